The highest BCUT2D eigenvalue weighted by molar-refractivity contribution is 5.96. The third-order valence-corrected chi connectivity index (χ3v) is 11.4. The number of nitrogens with zero attached hydrogens (tertiary/aromatic N) is 2. The van der Waals surface area contributed by atoms with E-state index in [0.29, 0.717) is 25.7 Å². The van der Waals surface area contributed by atoms with Gasteiger partial charge in [-0.15, -0.1) is 0 Å². The summed E-state index contributed by atoms with van der Waals surface area (Å²) in [4.78, 5) is 19.2. The number of rotatable bonds is 4. The van der Waals surface area contributed by atoms with E-state index in [1.165, 1.54) is 0 Å². The fourth-order valence-electron chi connectivity index (χ4n) is 7.13. The Morgan fingerprint density at radius 3 is 1.58 bits per heavy atom. The van der Waals surface area contributed by atoms with Crippen LogP contribution in [0.5, 0.6) is 17.2 Å². The third kappa shape index (κ3) is 9.92. The Morgan fingerprint density at radius 1 is 0.691 bits per heavy atom. The van der Waals surface area contributed by atoms with Gasteiger partial charge in [0.1, 0.15) is 23.9 Å². The van der Waals surface area contributed by atoms with Gasteiger partial charge in [0.05, 0.1) is 12.0 Å². The standard InChI is InChI=1S/C49H66N2O4/c1-30(46(2,3)4)17-32-18-36-25-40(49(11,12)13)26-37(45(36)55-28-41-27-51(14)29-50-41)20-35-24-39(48(8,9)10)23-34(44(35)54)19-33-22-38(47(5,6)7)21-31(43(33)53)15-16-42(32)52/h17,21-27,29-30,53-54H,15-16,18-20,28H2,1-14H3/b32-17-. The predicted molar refractivity (Wildman–Crippen MR) is 226 cm³/mol. The minimum atomic E-state index is -0.195. The fourth-order valence-corrected chi connectivity index (χ4v) is 7.13. The number of fused-ring (bicyclic) bond motifs is 6. The Bertz CT molecular complexity index is 2090. The first kappa shape index (κ1) is 41.8. The Labute approximate surface area is 331 Å². The average Bonchev–Trinajstić information content (AvgIpc) is 3.47. The molecular weight excluding hydrogens is 681 g/mol. The number of allylic oxidation sites excluding steroid dienone is 2. The van der Waals surface area contributed by atoms with Crippen LogP contribution < -0.4 is 4.74 Å². The number of hydrogen-bond acceptors (Lipinski definition) is 5. The van der Waals surface area contributed by atoms with E-state index in [2.05, 4.69) is 137 Å². The summed E-state index contributed by atoms with van der Waals surface area (Å²) < 4.78 is 8.72. The molecule has 2 N–H and O–H groups in total. The van der Waals surface area contributed by atoms with Crippen molar-refractivity contribution in [1.82, 2.24) is 9.55 Å². The van der Waals surface area contributed by atoms with Crippen molar-refractivity contribution in [3.8, 4) is 17.2 Å². The number of hydrogen-bond donors (Lipinski definition) is 2. The van der Waals surface area contributed by atoms with Crippen LogP contribution in [0.1, 0.15) is 152 Å². The highest BCUT2D eigenvalue weighted by Crippen LogP contribution is 2.41. The lowest BCUT2D eigenvalue weighted by Gasteiger charge is -2.28. The summed E-state index contributed by atoms with van der Waals surface area (Å²) in [5.41, 5.74) is 9.24. The van der Waals surface area contributed by atoms with Crippen molar-refractivity contribution in [2.75, 3.05) is 0 Å². The second-order valence-electron chi connectivity index (χ2n) is 20.3. The number of aromatic hydroxyl groups is 2. The number of benzene rings is 3. The average molecular weight is 747 g/mol. The Morgan fingerprint density at radius 2 is 1.13 bits per heavy atom. The van der Waals surface area contributed by atoms with Crippen molar-refractivity contribution >= 4 is 5.78 Å². The first-order valence-corrected chi connectivity index (χ1v) is 20.0. The van der Waals surface area contributed by atoms with Crippen molar-refractivity contribution in [3.05, 3.63) is 116 Å². The SMILES string of the molecule is CC(/C=C1/Cc2cc(C(C)(C)C)cc(c2OCc2cn(C)cn2)Cc2cc(C(C)(C)C)cc(c2O)Cc2cc(C(C)(C)C)cc(c2O)CCC1=O)C(C)(C)C. The van der Waals surface area contributed by atoms with E-state index in [0.717, 1.165) is 67.1 Å². The summed E-state index contributed by atoms with van der Waals surface area (Å²) in [6.45, 7) is 28.8. The van der Waals surface area contributed by atoms with E-state index < -0.39 is 0 Å². The predicted octanol–water partition coefficient (Wildman–Crippen LogP) is 11.2. The summed E-state index contributed by atoms with van der Waals surface area (Å²) in [5, 5.41) is 24.1. The van der Waals surface area contributed by atoms with Crippen LogP contribution >= 0.6 is 0 Å². The Hall–Kier alpha value is -4.32. The molecule has 0 fully saturated rings. The largest absolute Gasteiger partial charge is 0.507 e. The molecular formula is C49H66N2O4. The number of ether oxygens (including phenoxy) is 1. The van der Waals surface area contributed by atoms with Gasteiger partial charge >= 0.3 is 0 Å². The van der Waals surface area contributed by atoms with E-state index in [1.54, 1.807) is 6.33 Å². The van der Waals surface area contributed by atoms with Gasteiger partial charge in [-0.3, -0.25) is 4.79 Å². The molecule has 0 radical (unpaired) electrons. The molecule has 6 nitrogen and oxygen atoms in total. The summed E-state index contributed by atoms with van der Waals surface area (Å²) in [7, 11) is 1.95. The van der Waals surface area contributed by atoms with Crippen LogP contribution in [0.3, 0.4) is 0 Å². The van der Waals surface area contributed by atoms with Gasteiger partial charge < -0.3 is 19.5 Å². The number of phenolic OH excluding ortho intramolecular Hbond substituents is 2. The van der Waals surface area contributed by atoms with Gasteiger partial charge in [0.15, 0.2) is 5.78 Å². The number of carbonyl (C=O) groups is 1. The first-order valence-electron chi connectivity index (χ1n) is 20.0. The fraction of sp³-hybridized carbons (Fsp3) is 0.510. The third-order valence-electron chi connectivity index (χ3n) is 11.4. The molecule has 296 valence electrons. The van der Waals surface area contributed by atoms with Crippen molar-refractivity contribution in [1.29, 1.82) is 0 Å². The van der Waals surface area contributed by atoms with Crippen molar-refractivity contribution in [3.63, 3.8) is 0 Å². The molecule has 55 heavy (non-hydrogen) atoms. The zero-order chi connectivity index (χ0) is 40.8. The van der Waals surface area contributed by atoms with Crippen molar-refractivity contribution in [2.45, 2.75) is 145 Å². The maximum atomic E-state index is 14.6. The lowest BCUT2D eigenvalue weighted by molar-refractivity contribution is -0.115. The number of ketones is 1. The molecule has 0 aliphatic heterocycles. The van der Waals surface area contributed by atoms with Crippen LogP contribution in [0.15, 0.2) is 60.6 Å². The summed E-state index contributed by atoms with van der Waals surface area (Å²) in [6, 6.07) is 12.8. The molecule has 4 aromatic rings. The maximum absolute atomic E-state index is 14.6. The minimum Gasteiger partial charge on any atom is -0.507 e. The molecule has 6 heteroatoms. The monoisotopic (exact) mass is 747 g/mol. The zero-order valence-corrected chi connectivity index (χ0v) is 36.1. The van der Waals surface area contributed by atoms with E-state index in [-0.39, 0.29) is 57.9 Å². The Balaban J connectivity index is 1.84. The van der Waals surface area contributed by atoms with Gasteiger partial charge in [-0.2, -0.15) is 0 Å². The van der Waals surface area contributed by atoms with E-state index >= 15 is 0 Å². The summed E-state index contributed by atoms with van der Waals surface area (Å²) in [6.07, 6.45) is 7.72. The highest BCUT2D eigenvalue weighted by atomic mass is 16.5. The maximum Gasteiger partial charge on any atom is 0.159 e. The molecule has 0 amide bonds. The number of carbonyl (C=O) groups excluding carboxylic acids is 1. The normalized spacial score (nSPS) is 16.0. The van der Waals surface area contributed by atoms with Gasteiger partial charge in [-0.1, -0.05) is 132 Å². The Kier molecular flexibility index (Phi) is 11.6. The van der Waals surface area contributed by atoms with E-state index in [4.69, 9.17) is 4.74 Å². The molecule has 3 aromatic carbocycles. The van der Waals surface area contributed by atoms with Gasteiger partial charge in [0.25, 0.3) is 0 Å². The summed E-state index contributed by atoms with van der Waals surface area (Å²) in [5.74, 6) is 1.36. The second-order valence-corrected chi connectivity index (χ2v) is 20.3. The molecule has 1 heterocycles. The molecule has 1 unspecified atom stereocenters. The molecule has 0 saturated carbocycles. The van der Waals surface area contributed by atoms with Crippen LogP contribution in [0, 0.1) is 11.3 Å². The molecule has 1 atom stereocenters. The highest BCUT2D eigenvalue weighted by Gasteiger charge is 2.28. The molecule has 6 bridgehead atoms. The number of aryl methyl sites for hydroxylation is 2. The number of aromatic nitrogens is 2. The minimum absolute atomic E-state index is 0.0548. The molecule has 5 rings (SSSR count). The van der Waals surface area contributed by atoms with E-state index in [9.17, 15) is 15.0 Å². The quantitative estimate of drug-likeness (QED) is 0.203. The number of phenols is 2. The van der Waals surface area contributed by atoms with Crippen LogP contribution in [0.2, 0.25) is 0 Å². The van der Waals surface area contributed by atoms with Crippen molar-refractivity contribution in [2.24, 2.45) is 18.4 Å². The molecule has 1 aliphatic carbocycles. The van der Waals surface area contributed by atoms with Gasteiger partial charge in [-0.25, -0.2) is 4.98 Å². The second kappa shape index (κ2) is 15.3. The zero-order valence-electron chi connectivity index (χ0n) is 36.1. The van der Waals surface area contributed by atoms with Gasteiger partial charge in [-0.05, 0) is 89.6 Å². The van der Waals surface area contributed by atoms with Gasteiger partial charge in [0, 0.05) is 38.9 Å². The van der Waals surface area contributed by atoms with E-state index in [1.807, 2.05) is 17.8 Å². The molecule has 1 aromatic heterocycles. The van der Waals surface area contributed by atoms with Crippen LogP contribution in [-0.2, 0) is 60.4 Å². The van der Waals surface area contributed by atoms with Crippen LogP contribution in [0.25, 0.3) is 0 Å². The molecule has 0 saturated heterocycles. The summed E-state index contributed by atoms with van der Waals surface area (Å²) >= 11 is 0. The van der Waals surface area contributed by atoms with Crippen molar-refractivity contribution < 1.29 is 19.7 Å². The van der Waals surface area contributed by atoms with Gasteiger partial charge in [0.2, 0.25) is 0 Å². The first-order chi connectivity index (χ1) is 25.3. The van der Waals surface area contributed by atoms with Crippen LogP contribution in [-0.4, -0.2) is 25.5 Å². The topological polar surface area (TPSA) is 84.6 Å². The van der Waals surface area contributed by atoms with Crippen LogP contribution in [0.4, 0.5) is 0 Å². The lowest BCUT2D eigenvalue weighted by Crippen LogP contribution is -2.19. The lowest BCUT2D eigenvalue weighted by atomic mass is 9.78. The smallest absolute Gasteiger partial charge is 0.159 e. The number of Topliss-reactive ketones (excluding diaryl/α,β-unsaturated/α-hetero) is 1. The number of imidazole rings is 1. The molecule has 1 aliphatic rings. The molecule has 0 spiro atoms.